The summed E-state index contributed by atoms with van der Waals surface area (Å²) in [6.07, 6.45) is -0.594. The van der Waals surface area contributed by atoms with Crippen LogP contribution in [0.25, 0.3) is 0 Å². The molecule has 1 aromatic rings. The molecule has 0 spiro atoms. The molecule has 4 N–H and O–H groups in total. The normalized spacial score (nSPS) is 12.1. The number of nitrogen functional groups attached to an aromatic ring is 1. The van der Waals surface area contributed by atoms with Crippen LogP contribution in [0.3, 0.4) is 0 Å². The molecule has 5 heteroatoms. The first-order valence-corrected chi connectivity index (χ1v) is 4.44. The molecule has 1 atom stereocenters. The highest BCUT2D eigenvalue weighted by Crippen LogP contribution is 2.22. The fraction of sp³-hybridized carbons (Fsp3) is 0.300. The van der Waals surface area contributed by atoms with Crippen LogP contribution in [0.4, 0.5) is 5.69 Å². The van der Waals surface area contributed by atoms with Gasteiger partial charge in [0.25, 0.3) is 0 Å². The van der Waals surface area contributed by atoms with Crippen molar-refractivity contribution in [3.05, 3.63) is 23.8 Å². The Morgan fingerprint density at radius 3 is 2.73 bits per heavy atom. The van der Waals surface area contributed by atoms with Gasteiger partial charge in [0.2, 0.25) is 0 Å². The number of carboxylic acid groups (broad SMARTS) is 1. The third-order valence-electron chi connectivity index (χ3n) is 1.74. The van der Waals surface area contributed by atoms with E-state index < -0.39 is 12.1 Å². The predicted octanol–water partition coefficient (Wildman–Crippen LogP) is 0.727. The zero-order chi connectivity index (χ0) is 11.4. The van der Waals surface area contributed by atoms with Gasteiger partial charge in [0, 0.05) is 0 Å². The van der Waals surface area contributed by atoms with Crippen molar-refractivity contribution >= 4 is 11.7 Å². The summed E-state index contributed by atoms with van der Waals surface area (Å²) in [5, 5.41) is 17.7. The molecule has 0 aliphatic heterocycles. The first-order valence-electron chi connectivity index (χ1n) is 4.44. The van der Waals surface area contributed by atoms with E-state index in [1.165, 1.54) is 18.2 Å². The molecular formula is C10H13NO4. The Hall–Kier alpha value is -1.75. The van der Waals surface area contributed by atoms with Crippen molar-refractivity contribution < 1.29 is 19.7 Å². The Labute approximate surface area is 87.1 Å². The molecule has 0 saturated carbocycles. The molecule has 5 nitrogen and oxygen atoms in total. The zero-order valence-electron chi connectivity index (χ0n) is 8.30. The Bertz CT molecular complexity index is 362. The summed E-state index contributed by atoms with van der Waals surface area (Å²) < 4.78 is 5.17. The number of nitrogens with two attached hydrogens (primary N) is 1. The highest BCUT2D eigenvalue weighted by molar-refractivity contribution is 5.89. The predicted molar refractivity (Wildman–Crippen MR) is 55.0 cm³/mol. The van der Waals surface area contributed by atoms with Gasteiger partial charge in [-0.15, -0.1) is 0 Å². The first-order chi connectivity index (χ1) is 7.00. The molecule has 0 fully saturated rings. The Morgan fingerprint density at radius 2 is 2.27 bits per heavy atom. The topological polar surface area (TPSA) is 92.8 Å². The highest BCUT2D eigenvalue weighted by Gasteiger charge is 2.07. The van der Waals surface area contributed by atoms with Gasteiger partial charge in [0.1, 0.15) is 12.4 Å². The van der Waals surface area contributed by atoms with Gasteiger partial charge in [-0.3, -0.25) is 0 Å². The van der Waals surface area contributed by atoms with E-state index in [9.17, 15) is 4.79 Å². The summed E-state index contributed by atoms with van der Waals surface area (Å²) in [5.41, 5.74) is 5.93. The molecule has 0 heterocycles. The molecule has 0 amide bonds. The smallest absolute Gasteiger partial charge is 0.335 e. The lowest BCUT2D eigenvalue weighted by atomic mass is 10.2. The molecule has 0 radical (unpaired) electrons. The molecule has 0 aliphatic carbocycles. The third kappa shape index (κ3) is 3.14. The third-order valence-corrected chi connectivity index (χ3v) is 1.74. The number of rotatable bonds is 4. The minimum absolute atomic E-state index is 0.108. The summed E-state index contributed by atoms with van der Waals surface area (Å²) >= 11 is 0. The van der Waals surface area contributed by atoms with Crippen LogP contribution < -0.4 is 10.5 Å². The van der Waals surface area contributed by atoms with E-state index in [1.807, 2.05) is 0 Å². The summed E-state index contributed by atoms with van der Waals surface area (Å²) in [4.78, 5) is 10.6. The summed E-state index contributed by atoms with van der Waals surface area (Å²) in [6.45, 7) is 1.71. The van der Waals surface area contributed by atoms with E-state index >= 15 is 0 Å². The monoisotopic (exact) mass is 211 g/mol. The van der Waals surface area contributed by atoms with Gasteiger partial charge >= 0.3 is 5.97 Å². The average molecular weight is 211 g/mol. The van der Waals surface area contributed by atoms with Crippen LogP contribution >= 0.6 is 0 Å². The largest absolute Gasteiger partial charge is 0.489 e. The van der Waals surface area contributed by atoms with Crippen LogP contribution in [-0.2, 0) is 0 Å². The maximum atomic E-state index is 10.6. The molecule has 1 aromatic carbocycles. The standard InChI is InChI=1S/C10H13NO4/c1-6(12)5-15-9-3-2-7(10(13)14)4-8(9)11/h2-4,6,12H,5,11H2,1H3,(H,13,14). The number of benzene rings is 1. The fourth-order valence-electron chi connectivity index (χ4n) is 1.02. The second-order valence-electron chi connectivity index (χ2n) is 3.22. The molecule has 0 aliphatic rings. The maximum absolute atomic E-state index is 10.6. The lowest BCUT2D eigenvalue weighted by Crippen LogP contribution is -2.13. The van der Waals surface area contributed by atoms with Gasteiger partial charge in [-0.1, -0.05) is 0 Å². The van der Waals surface area contributed by atoms with Gasteiger partial charge in [-0.2, -0.15) is 0 Å². The number of ether oxygens (including phenoxy) is 1. The van der Waals surface area contributed by atoms with Crippen LogP contribution in [0.5, 0.6) is 5.75 Å². The van der Waals surface area contributed by atoms with Crippen LogP contribution in [0.2, 0.25) is 0 Å². The lowest BCUT2D eigenvalue weighted by molar-refractivity contribution is 0.0696. The number of anilines is 1. The van der Waals surface area contributed by atoms with Crippen molar-refractivity contribution in [1.82, 2.24) is 0 Å². The molecule has 15 heavy (non-hydrogen) atoms. The van der Waals surface area contributed by atoms with E-state index in [0.29, 0.717) is 5.75 Å². The Balaban J connectivity index is 2.79. The number of carbonyl (C=O) groups is 1. The van der Waals surface area contributed by atoms with Crippen molar-refractivity contribution in [3.63, 3.8) is 0 Å². The lowest BCUT2D eigenvalue weighted by Gasteiger charge is -2.10. The summed E-state index contributed by atoms with van der Waals surface area (Å²) in [5.74, 6) is -0.662. The SMILES string of the molecule is CC(O)COc1ccc(C(=O)O)cc1N. The number of carboxylic acids is 1. The maximum Gasteiger partial charge on any atom is 0.335 e. The van der Waals surface area contributed by atoms with E-state index in [4.69, 9.17) is 20.7 Å². The second kappa shape index (κ2) is 4.65. The van der Waals surface area contributed by atoms with Crippen molar-refractivity contribution in [2.75, 3.05) is 12.3 Å². The van der Waals surface area contributed by atoms with Crippen molar-refractivity contribution in [1.29, 1.82) is 0 Å². The van der Waals surface area contributed by atoms with Crippen LogP contribution in [0, 0.1) is 0 Å². The van der Waals surface area contributed by atoms with Crippen molar-refractivity contribution in [3.8, 4) is 5.75 Å². The number of aliphatic hydroxyl groups is 1. The van der Waals surface area contributed by atoms with Gasteiger partial charge < -0.3 is 20.7 Å². The molecule has 1 rings (SSSR count). The quantitative estimate of drug-likeness (QED) is 0.638. The first kappa shape index (κ1) is 11.3. The van der Waals surface area contributed by atoms with Crippen molar-refractivity contribution in [2.24, 2.45) is 0 Å². The average Bonchev–Trinajstić information content (AvgIpc) is 2.15. The number of aliphatic hydroxyl groups excluding tert-OH is 1. The molecule has 1 unspecified atom stereocenters. The van der Waals surface area contributed by atoms with Crippen LogP contribution in [0.1, 0.15) is 17.3 Å². The van der Waals surface area contributed by atoms with Crippen LogP contribution in [0.15, 0.2) is 18.2 Å². The molecular weight excluding hydrogens is 198 g/mol. The molecule has 0 aromatic heterocycles. The number of hydrogen-bond acceptors (Lipinski definition) is 4. The van der Waals surface area contributed by atoms with E-state index in [-0.39, 0.29) is 17.9 Å². The summed E-state index contributed by atoms with van der Waals surface area (Å²) in [7, 11) is 0. The second-order valence-corrected chi connectivity index (χ2v) is 3.22. The van der Waals surface area contributed by atoms with Gasteiger partial charge in [-0.05, 0) is 25.1 Å². The van der Waals surface area contributed by atoms with E-state index in [1.54, 1.807) is 6.92 Å². The molecule has 82 valence electrons. The number of aromatic carboxylic acids is 1. The van der Waals surface area contributed by atoms with Gasteiger partial charge in [-0.25, -0.2) is 4.79 Å². The highest BCUT2D eigenvalue weighted by atomic mass is 16.5. The van der Waals surface area contributed by atoms with E-state index in [0.717, 1.165) is 0 Å². The minimum atomic E-state index is -1.04. The van der Waals surface area contributed by atoms with E-state index in [2.05, 4.69) is 0 Å². The fourth-order valence-corrected chi connectivity index (χ4v) is 1.02. The Kier molecular flexibility index (Phi) is 3.51. The molecule has 0 bridgehead atoms. The molecule has 0 saturated heterocycles. The van der Waals surface area contributed by atoms with Crippen LogP contribution in [-0.4, -0.2) is 28.9 Å². The van der Waals surface area contributed by atoms with Crippen molar-refractivity contribution in [2.45, 2.75) is 13.0 Å². The zero-order valence-corrected chi connectivity index (χ0v) is 8.30. The van der Waals surface area contributed by atoms with Gasteiger partial charge in [0.05, 0.1) is 17.4 Å². The minimum Gasteiger partial charge on any atom is -0.489 e. The summed E-state index contributed by atoms with van der Waals surface area (Å²) in [6, 6.07) is 4.19. The Morgan fingerprint density at radius 1 is 1.60 bits per heavy atom. The van der Waals surface area contributed by atoms with Gasteiger partial charge in [0.15, 0.2) is 0 Å². The number of hydrogen-bond donors (Lipinski definition) is 3.